The maximum Gasteiger partial charge on any atom is 0.204 e. The first kappa shape index (κ1) is 10.3. The van der Waals surface area contributed by atoms with Crippen LogP contribution in [0.3, 0.4) is 0 Å². The van der Waals surface area contributed by atoms with E-state index in [4.69, 9.17) is 27.6 Å². The Balaban J connectivity index is 2.37. The van der Waals surface area contributed by atoms with Crippen molar-refractivity contribution in [2.24, 2.45) is 0 Å². The van der Waals surface area contributed by atoms with Crippen molar-refractivity contribution >= 4 is 29.0 Å². The molecule has 0 saturated carbocycles. The average Bonchev–Trinajstić information content (AvgIpc) is 2.65. The molecule has 76 valence electrons. The highest BCUT2D eigenvalue weighted by Gasteiger charge is 2.14. The first-order valence-corrected chi connectivity index (χ1v) is 4.97. The monoisotopic (exact) mass is 240 g/mol. The molecule has 0 radical (unpaired) electrons. The Bertz CT molecular complexity index is 486. The summed E-state index contributed by atoms with van der Waals surface area (Å²) in [7, 11) is 0. The van der Waals surface area contributed by atoms with Crippen molar-refractivity contribution in [2.75, 3.05) is 0 Å². The van der Waals surface area contributed by atoms with Gasteiger partial charge < -0.3 is 4.42 Å². The van der Waals surface area contributed by atoms with Crippen molar-refractivity contribution in [2.45, 2.75) is 0 Å². The third kappa shape index (κ3) is 2.06. The lowest BCUT2D eigenvalue weighted by atomic mass is 10.1. The predicted molar refractivity (Wildman–Crippen MR) is 58.6 cm³/mol. The molecule has 0 aliphatic rings. The number of carbonyl (C=O) groups excluding carboxylic acids is 1. The van der Waals surface area contributed by atoms with E-state index in [1.165, 1.54) is 6.26 Å². The summed E-state index contributed by atoms with van der Waals surface area (Å²) in [6.45, 7) is 0. The number of halogens is 2. The number of carbonyl (C=O) groups is 1. The fourth-order valence-electron chi connectivity index (χ4n) is 1.21. The van der Waals surface area contributed by atoms with E-state index in [2.05, 4.69) is 0 Å². The number of rotatable bonds is 2. The van der Waals surface area contributed by atoms with Gasteiger partial charge in [-0.2, -0.15) is 0 Å². The zero-order valence-corrected chi connectivity index (χ0v) is 9.05. The Morgan fingerprint density at radius 2 is 1.73 bits per heavy atom. The topological polar surface area (TPSA) is 30.2 Å². The maximum absolute atomic E-state index is 11.9. The third-order valence-corrected chi connectivity index (χ3v) is 2.51. The molecule has 4 heteroatoms. The van der Waals surface area contributed by atoms with Crippen molar-refractivity contribution in [3.05, 3.63) is 58.0 Å². The molecule has 1 heterocycles. The molecular formula is C11H6Cl2O2. The van der Waals surface area contributed by atoms with Gasteiger partial charge in [0.15, 0.2) is 5.78 Å². The van der Waals surface area contributed by atoms with Crippen LogP contribution in [0.25, 0.3) is 0 Å². The molecule has 15 heavy (non-hydrogen) atoms. The Morgan fingerprint density at radius 1 is 1.07 bits per heavy atom. The van der Waals surface area contributed by atoms with E-state index >= 15 is 0 Å². The van der Waals surface area contributed by atoms with Gasteiger partial charge in [-0.1, -0.05) is 11.6 Å². The van der Waals surface area contributed by atoms with E-state index in [-0.39, 0.29) is 11.0 Å². The van der Waals surface area contributed by atoms with Crippen LogP contribution >= 0.6 is 23.2 Å². The number of ketones is 1. The SMILES string of the molecule is O=C(c1ccc(Cl)cc1)c1ccoc1Cl. The molecule has 0 aliphatic carbocycles. The molecule has 0 amide bonds. The molecule has 0 saturated heterocycles. The van der Waals surface area contributed by atoms with Crippen LogP contribution in [-0.4, -0.2) is 5.78 Å². The average molecular weight is 241 g/mol. The largest absolute Gasteiger partial charge is 0.452 e. The molecule has 0 unspecified atom stereocenters. The van der Waals surface area contributed by atoms with Gasteiger partial charge in [-0.15, -0.1) is 0 Å². The number of hydrogen-bond donors (Lipinski definition) is 0. The second kappa shape index (κ2) is 4.09. The Morgan fingerprint density at radius 3 is 2.27 bits per heavy atom. The molecule has 2 aromatic rings. The van der Waals surface area contributed by atoms with Gasteiger partial charge in [-0.3, -0.25) is 4.79 Å². The Kier molecular flexibility index (Phi) is 2.80. The number of benzene rings is 1. The van der Waals surface area contributed by atoms with Gasteiger partial charge in [0.05, 0.1) is 11.8 Å². The standard InChI is InChI=1S/C11H6Cl2O2/c12-8-3-1-7(2-4-8)10(14)9-5-6-15-11(9)13/h1-6H. The van der Waals surface area contributed by atoms with Crippen molar-refractivity contribution in [3.63, 3.8) is 0 Å². The summed E-state index contributed by atoms with van der Waals surface area (Å²) in [5.74, 6) is -0.176. The fourth-order valence-corrected chi connectivity index (χ4v) is 1.54. The van der Waals surface area contributed by atoms with Crippen LogP contribution in [0, 0.1) is 0 Å². The molecular weight excluding hydrogens is 235 g/mol. The van der Waals surface area contributed by atoms with Gasteiger partial charge in [-0.25, -0.2) is 0 Å². The predicted octanol–water partition coefficient (Wildman–Crippen LogP) is 3.82. The highest BCUT2D eigenvalue weighted by atomic mass is 35.5. The van der Waals surface area contributed by atoms with Crippen LogP contribution in [0.2, 0.25) is 10.2 Å². The molecule has 0 spiro atoms. The first-order valence-electron chi connectivity index (χ1n) is 4.22. The van der Waals surface area contributed by atoms with Crippen LogP contribution in [0.1, 0.15) is 15.9 Å². The van der Waals surface area contributed by atoms with E-state index in [0.29, 0.717) is 16.1 Å². The summed E-state index contributed by atoms with van der Waals surface area (Å²) >= 11 is 11.4. The number of furan rings is 1. The van der Waals surface area contributed by atoms with Crippen molar-refractivity contribution in [1.82, 2.24) is 0 Å². The Hall–Kier alpha value is -1.25. The maximum atomic E-state index is 11.9. The zero-order valence-electron chi connectivity index (χ0n) is 7.54. The minimum Gasteiger partial charge on any atom is -0.452 e. The molecule has 1 aromatic heterocycles. The van der Waals surface area contributed by atoms with E-state index < -0.39 is 0 Å². The van der Waals surface area contributed by atoms with E-state index in [0.717, 1.165) is 0 Å². The normalized spacial score (nSPS) is 10.3. The zero-order chi connectivity index (χ0) is 10.8. The lowest BCUT2D eigenvalue weighted by Crippen LogP contribution is -1.99. The van der Waals surface area contributed by atoms with E-state index in [9.17, 15) is 4.79 Å². The number of hydrogen-bond acceptors (Lipinski definition) is 2. The third-order valence-electron chi connectivity index (χ3n) is 1.97. The van der Waals surface area contributed by atoms with Crippen LogP contribution in [0.5, 0.6) is 0 Å². The van der Waals surface area contributed by atoms with Gasteiger partial charge in [0.2, 0.25) is 5.22 Å². The van der Waals surface area contributed by atoms with Crippen molar-refractivity contribution in [1.29, 1.82) is 0 Å². The van der Waals surface area contributed by atoms with Gasteiger partial charge in [-0.05, 0) is 41.9 Å². The van der Waals surface area contributed by atoms with Crippen LogP contribution in [-0.2, 0) is 0 Å². The second-order valence-electron chi connectivity index (χ2n) is 2.94. The molecule has 0 N–H and O–H groups in total. The van der Waals surface area contributed by atoms with Crippen LogP contribution in [0.4, 0.5) is 0 Å². The molecule has 0 atom stereocenters. The highest BCUT2D eigenvalue weighted by molar-refractivity contribution is 6.33. The van der Waals surface area contributed by atoms with Gasteiger partial charge >= 0.3 is 0 Å². The summed E-state index contributed by atoms with van der Waals surface area (Å²) in [6, 6.07) is 8.15. The highest BCUT2D eigenvalue weighted by Crippen LogP contribution is 2.21. The second-order valence-corrected chi connectivity index (χ2v) is 3.72. The Labute approximate surface area is 96.4 Å². The summed E-state index contributed by atoms with van der Waals surface area (Å²) in [6.07, 6.45) is 1.38. The van der Waals surface area contributed by atoms with E-state index in [1.807, 2.05) is 0 Å². The summed E-state index contributed by atoms with van der Waals surface area (Å²) in [4.78, 5) is 11.9. The molecule has 0 bridgehead atoms. The molecule has 0 aliphatic heterocycles. The quantitative estimate of drug-likeness (QED) is 0.748. The van der Waals surface area contributed by atoms with Gasteiger partial charge in [0.1, 0.15) is 0 Å². The van der Waals surface area contributed by atoms with Crippen molar-refractivity contribution < 1.29 is 9.21 Å². The summed E-state index contributed by atoms with van der Waals surface area (Å²) in [5, 5.41) is 0.694. The fraction of sp³-hybridized carbons (Fsp3) is 0. The summed E-state index contributed by atoms with van der Waals surface area (Å²) < 4.78 is 4.85. The van der Waals surface area contributed by atoms with Crippen LogP contribution in [0.15, 0.2) is 41.0 Å². The molecule has 0 fully saturated rings. The van der Waals surface area contributed by atoms with Gasteiger partial charge in [0.25, 0.3) is 0 Å². The molecule has 2 rings (SSSR count). The van der Waals surface area contributed by atoms with Crippen molar-refractivity contribution in [3.8, 4) is 0 Å². The van der Waals surface area contributed by atoms with Gasteiger partial charge in [0, 0.05) is 10.6 Å². The lowest BCUT2D eigenvalue weighted by Gasteiger charge is -1.98. The van der Waals surface area contributed by atoms with Crippen LogP contribution < -0.4 is 0 Å². The molecule has 1 aromatic carbocycles. The first-order chi connectivity index (χ1) is 7.18. The minimum absolute atomic E-state index is 0.106. The summed E-state index contributed by atoms with van der Waals surface area (Å²) in [5.41, 5.74) is 0.890. The lowest BCUT2D eigenvalue weighted by molar-refractivity contribution is 0.103. The molecule has 2 nitrogen and oxygen atoms in total. The minimum atomic E-state index is -0.176. The van der Waals surface area contributed by atoms with E-state index in [1.54, 1.807) is 30.3 Å². The smallest absolute Gasteiger partial charge is 0.204 e.